The molecule has 0 unspecified atom stereocenters. The standard InChI is InChI=1S/C24H28BrN5O4/c1-23(2,3)33-21(31)30(22(32)34-24(4,5)6)20-18(26-11-12-27-20)19-28-14-17(29-19)16-9-7-15(13-25)8-10-16/h7-12,14H,13H2,1-6H3,(H,28,29). The lowest BCUT2D eigenvalue weighted by molar-refractivity contribution is 0.0429. The number of nitrogens with zero attached hydrogens (tertiary/aromatic N) is 4. The molecule has 0 spiro atoms. The Labute approximate surface area is 207 Å². The van der Waals surface area contributed by atoms with Crippen LogP contribution in [0.3, 0.4) is 0 Å². The average molecular weight is 530 g/mol. The Bertz CT molecular complexity index is 1140. The lowest BCUT2D eigenvalue weighted by Gasteiger charge is -2.28. The highest BCUT2D eigenvalue weighted by Gasteiger charge is 2.36. The highest BCUT2D eigenvalue weighted by molar-refractivity contribution is 9.08. The number of halogens is 1. The molecule has 0 aliphatic rings. The van der Waals surface area contributed by atoms with Crippen LogP contribution in [-0.4, -0.2) is 43.3 Å². The summed E-state index contributed by atoms with van der Waals surface area (Å²) >= 11 is 3.44. The Balaban J connectivity index is 2.04. The van der Waals surface area contributed by atoms with E-state index >= 15 is 0 Å². The minimum Gasteiger partial charge on any atom is -0.443 e. The van der Waals surface area contributed by atoms with Crippen molar-refractivity contribution in [1.82, 2.24) is 19.9 Å². The maximum Gasteiger partial charge on any atom is 0.425 e. The Morgan fingerprint density at radius 2 is 1.47 bits per heavy atom. The van der Waals surface area contributed by atoms with E-state index < -0.39 is 23.4 Å². The van der Waals surface area contributed by atoms with Gasteiger partial charge in [0.15, 0.2) is 11.6 Å². The highest BCUT2D eigenvalue weighted by Crippen LogP contribution is 2.29. The lowest BCUT2D eigenvalue weighted by Crippen LogP contribution is -2.44. The predicted octanol–water partition coefficient (Wildman–Crippen LogP) is 6.11. The van der Waals surface area contributed by atoms with Crippen LogP contribution in [0.2, 0.25) is 0 Å². The molecule has 9 nitrogen and oxygen atoms in total. The second kappa shape index (κ2) is 9.92. The summed E-state index contributed by atoms with van der Waals surface area (Å²) in [5.41, 5.74) is 1.31. The first-order valence-corrected chi connectivity index (χ1v) is 11.8. The summed E-state index contributed by atoms with van der Waals surface area (Å²) in [6.45, 7) is 10.2. The number of alkyl halides is 1. The number of hydrogen-bond donors (Lipinski definition) is 1. The summed E-state index contributed by atoms with van der Waals surface area (Å²) in [6.07, 6.45) is 2.63. The van der Waals surface area contributed by atoms with Crippen LogP contribution in [0.1, 0.15) is 47.1 Å². The number of imide groups is 1. The van der Waals surface area contributed by atoms with Crippen LogP contribution in [0.5, 0.6) is 0 Å². The van der Waals surface area contributed by atoms with Gasteiger partial charge in [-0.15, -0.1) is 0 Å². The molecule has 0 radical (unpaired) electrons. The van der Waals surface area contributed by atoms with Gasteiger partial charge < -0.3 is 14.5 Å². The SMILES string of the molecule is CC(C)(C)OC(=O)N(C(=O)OC(C)(C)C)c1nccnc1-c1ncc(-c2ccc(CBr)cc2)[nH]1. The normalized spacial score (nSPS) is 11.7. The zero-order valence-electron chi connectivity index (χ0n) is 20.0. The lowest BCUT2D eigenvalue weighted by atomic mass is 10.1. The highest BCUT2D eigenvalue weighted by atomic mass is 79.9. The van der Waals surface area contributed by atoms with Crippen LogP contribution >= 0.6 is 15.9 Å². The van der Waals surface area contributed by atoms with Crippen molar-refractivity contribution < 1.29 is 19.1 Å². The van der Waals surface area contributed by atoms with E-state index in [4.69, 9.17) is 9.47 Å². The van der Waals surface area contributed by atoms with Gasteiger partial charge in [0.2, 0.25) is 0 Å². The number of aromatic amines is 1. The number of carbonyl (C=O) groups excluding carboxylic acids is 2. The number of imidazole rings is 1. The first kappa shape index (κ1) is 25.4. The number of hydrogen-bond acceptors (Lipinski definition) is 7. The average Bonchev–Trinajstić information content (AvgIpc) is 3.22. The van der Waals surface area contributed by atoms with E-state index in [-0.39, 0.29) is 11.5 Å². The molecule has 0 fully saturated rings. The Kier molecular flexibility index (Phi) is 7.40. The van der Waals surface area contributed by atoms with Gasteiger partial charge in [0, 0.05) is 17.7 Å². The number of ether oxygens (including phenoxy) is 2. The number of H-pyrrole nitrogens is 1. The van der Waals surface area contributed by atoms with Gasteiger partial charge in [-0.05, 0) is 52.7 Å². The monoisotopic (exact) mass is 529 g/mol. The molecule has 34 heavy (non-hydrogen) atoms. The fourth-order valence-corrected chi connectivity index (χ4v) is 3.26. The molecule has 0 saturated carbocycles. The van der Waals surface area contributed by atoms with Crippen LogP contribution in [0.15, 0.2) is 42.9 Å². The molecule has 3 rings (SSSR count). The van der Waals surface area contributed by atoms with Crippen molar-refractivity contribution in [3.63, 3.8) is 0 Å². The van der Waals surface area contributed by atoms with E-state index in [1.165, 1.54) is 12.4 Å². The molecular weight excluding hydrogens is 502 g/mol. The van der Waals surface area contributed by atoms with E-state index in [0.717, 1.165) is 27.1 Å². The molecule has 2 amide bonds. The second-order valence-electron chi connectivity index (χ2n) is 9.50. The molecule has 10 heteroatoms. The molecule has 0 bridgehead atoms. The number of benzene rings is 1. The van der Waals surface area contributed by atoms with Crippen molar-refractivity contribution in [2.75, 3.05) is 4.90 Å². The molecule has 1 N–H and O–H groups in total. The van der Waals surface area contributed by atoms with E-state index in [2.05, 4.69) is 35.9 Å². The van der Waals surface area contributed by atoms with Crippen LogP contribution in [0.25, 0.3) is 22.8 Å². The molecule has 2 heterocycles. The van der Waals surface area contributed by atoms with Crippen molar-refractivity contribution in [3.05, 3.63) is 48.4 Å². The summed E-state index contributed by atoms with van der Waals surface area (Å²) in [4.78, 5) is 43.1. The van der Waals surface area contributed by atoms with Gasteiger partial charge >= 0.3 is 12.2 Å². The third kappa shape index (κ3) is 6.40. The number of rotatable bonds is 4. The van der Waals surface area contributed by atoms with Gasteiger partial charge in [-0.1, -0.05) is 40.2 Å². The van der Waals surface area contributed by atoms with Crippen LogP contribution < -0.4 is 4.90 Å². The van der Waals surface area contributed by atoms with Crippen molar-refractivity contribution in [2.24, 2.45) is 0 Å². The van der Waals surface area contributed by atoms with Gasteiger partial charge in [-0.3, -0.25) is 0 Å². The number of anilines is 1. The Morgan fingerprint density at radius 3 is 2.00 bits per heavy atom. The molecular formula is C24H28BrN5O4. The van der Waals surface area contributed by atoms with Crippen molar-refractivity contribution in [1.29, 1.82) is 0 Å². The zero-order valence-corrected chi connectivity index (χ0v) is 21.6. The third-order valence-electron chi connectivity index (χ3n) is 4.26. The second-order valence-corrected chi connectivity index (χ2v) is 10.1. The van der Waals surface area contributed by atoms with Crippen LogP contribution in [-0.2, 0) is 14.8 Å². The van der Waals surface area contributed by atoms with E-state index in [0.29, 0.717) is 5.82 Å². The van der Waals surface area contributed by atoms with Crippen LogP contribution in [0, 0.1) is 0 Å². The maximum atomic E-state index is 13.1. The fraction of sp³-hybridized carbons (Fsp3) is 0.375. The quantitative estimate of drug-likeness (QED) is 0.406. The van der Waals surface area contributed by atoms with Gasteiger partial charge in [0.1, 0.15) is 16.9 Å². The Morgan fingerprint density at radius 1 is 0.912 bits per heavy atom. The summed E-state index contributed by atoms with van der Waals surface area (Å²) in [7, 11) is 0. The fourth-order valence-electron chi connectivity index (χ4n) is 2.89. The number of amides is 2. The molecule has 180 valence electrons. The maximum absolute atomic E-state index is 13.1. The minimum atomic E-state index is -0.930. The molecule has 0 atom stereocenters. The van der Waals surface area contributed by atoms with Gasteiger partial charge in [-0.2, -0.15) is 4.90 Å². The molecule has 2 aromatic heterocycles. The first-order valence-electron chi connectivity index (χ1n) is 10.7. The smallest absolute Gasteiger partial charge is 0.425 e. The molecule has 3 aromatic rings. The number of nitrogens with one attached hydrogen (secondary N) is 1. The van der Waals surface area contributed by atoms with Crippen molar-refractivity contribution in [3.8, 4) is 22.8 Å². The molecule has 0 aliphatic heterocycles. The van der Waals surface area contributed by atoms with Crippen molar-refractivity contribution >= 4 is 33.9 Å². The van der Waals surface area contributed by atoms with E-state index in [1.807, 2.05) is 24.3 Å². The van der Waals surface area contributed by atoms with E-state index in [9.17, 15) is 9.59 Å². The van der Waals surface area contributed by atoms with Gasteiger partial charge in [0.25, 0.3) is 0 Å². The summed E-state index contributed by atoms with van der Waals surface area (Å²) < 4.78 is 10.9. The zero-order chi connectivity index (χ0) is 25.1. The van der Waals surface area contributed by atoms with Gasteiger partial charge in [-0.25, -0.2) is 24.5 Å². The summed E-state index contributed by atoms with van der Waals surface area (Å²) in [6, 6.07) is 7.95. The largest absolute Gasteiger partial charge is 0.443 e. The molecule has 0 aliphatic carbocycles. The molecule has 1 aromatic carbocycles. The predicted molar refractivity (Wildman–Crippen MR) is 133 cm³/mol. The summed E-state index contributed by atoms with van der Waals surface area (Å²) in [5.74, 6) is 0.279. The van der Waals surface area contributed by atoms with Crippen LogP contribution in [0.4, 0.5) is 15.4 Å². The Hall–Kier alpha value is -3.27. The molecule has 0 saturated heterocycles. The summed E-state index contributed by atoms with van der Waals surface area (Å²) in [5, 5.41) is 0.760. The number of carbonyl (C=O) groups is 2. The third-order valence-corrected chi connectivity index (χ3v) is 4.91. The number of aromatic nitrogens is 4. The minimum absolute atomic E-state index is 0.0541. The van der Waals surface area contributed by atoms with Gasteiger partial charge in [0.05, 0.1) is 11.9 Å². The first-order chi connectivity index (χ1) is 15.9. The van der Waals surface area contributed by atoms with Crippen molar-refractivity contribution in [2.45, 2.75) is 58.1 Å². The van der Waals surface area contributed by atoms with E-state index in [1.54, 1.807) is 47.7 Å². The topological polar surface area (TPSA) is 110 Å².